The molecule has 3 unspecified atom stereocenters. The summed E-state index contributed by atoms with van der Waals surface area (Å²) >= 11 is 0. The number of para-hydroxylation sites is 3. The van der Waals surface area contributed by atoms with Gasteiger partial charge in [-0.1, -0.05) is 560 Å². The number of carbonyl (C=O) groups is 3. The summed E-state index contributed by atoms with van der Waals surface area (Å²) in [6, 6.07) is 27.6. The van der Waals surface area contributed by atoms with Crippen molar-refractivity contribution >= 4 is 18.3 Å². The van der Waals surface area contributed by atoms with Gasteiger partial charge in [-0.2, -0.15) is 0 Å². The van der Waals surface area contributed by atoms with E-state index >= 15 is 14.4 Å². The molecule has 3 N–H and O–H groups in total. The predicted octanol–water partition coefficient (Wildman–Crippen LogP) is 37.8. The number of rotatable bonds is 84. The summed E-state index contributed by atoms with van der Waals surface area (Å²) in [5.74, 6) is 1.86. The summed E-state index contributed by atoms with van der Waals surface area (Å²) in [6.45, 7) is 21.2. The van der Waals surface area contributed by atoms with Gasteiger partial charge in [0.15, 0.2) is 0 Å². The number of aryl methyl sites for hydroxylation is 1. The molecule has 0 heterocycles. The van der Waals surface area contributed by atoms with Crippen molar-refractivity contribution in [2.75, 3.05) is 0 Å². The van der Waals surface area contributed by atoms with Crippen LogP contribution in [0.5, 0.6) is 17.2 Å². The minimum atomic E-state index is -1.21. The highest BCUT2D eigenvalue weighted by Gasteiger charge is 2.67. The van der Waals surface area contributed by atoms with Crippen molar-refractivity contribution in [1.29, 1.82) is 0 Å². The highest BCUT2D eigenvalue weighted by Crippen LogP contribution is 2.59. The van der Waals surface area contributed by atoms with Crippen molar-refractivity contribution in [3.8, 4) is 17.2 Å². The van der Waals surface area contributed by atoms with Gasteiger partial charge >= 0.3 is 18.3 Å². The van der Waals surface area contributed by atoms with Gasteiger partial charge in [0.25, 0.3) is 0 Å². The van der Waals surface area contributed by atoms with E-state index in [0.717, 1.165) is 114 Å². The lowest BCUT2D eigenvalue weighted by molar-refractivity contribution is -0.0902. The van der Waals surface area contributed by atoms with Gasteiger partial charge < -0.3 is 30.2 Å². The Morgan fingerprint density at radius 3 is 0.935 bits per heavy atom. The molecule has 3 aromatic rings. The molecule has 0 aromatic heterocycles. The Hall–Kier alpha value is -4.53. The third-order valence-electron chi connectivity index (χ3n) is 28.4. The predicted molar refractivity (Wildman–Crippen MR) is 534 cm³/mol. The van der Waals surface area contributed by atoms with E-state index < -0.39 is 40.8 Å². The largest absolute Gasteiger partial charge is 0.413 e. The molecule has 3 atom stereocenters. The van der Waals surface area contributed by atoms with E-state index in [9.17, 15) is 0 Å². The zero-order chi connectivity index (χ0) is 88.4. The van der Waals surface area contributed by atoms with Crippen molar-refractivity contribution in [3.63, 3.8) is 0 Å². The molecule has 3 amide bonds. The van der Waals surface area contributed by atoms with E-state index in [1.807, 2.05) is 72.8 Å². The Labute approximate surface area is 762 Å². The van der Waals surface area contributed by atoms with Crippen LogP contribution in [0, 0.1) is 23.2 Å². The topological polar surface area (TPSA) is 115 Å². The summed E-state index contributed by atoms with van der Waals surface area (Å²) in [5, 5.41) is 12.0. The average molecular weight is 1710 g/mol. The van der Waals surface area contributed by atoms with Crippen LogP contribution in [-0.4, -0.2) is 34.9 Å². The number of unbranched alkanes of at least 4 members (excludes halogenated alkanes) is 64. The van der Waals surface area contributed by atoms with Crippen molar-refractivity contribution in [3.05, 3.63) is 90.5 Å². The minimum Gasteiger partial charge on any atom is -0.410 e. The first kappa shape index (κ1) is 111. The molecule has 9 heteroatoms. The molecule has 0 radical (unpaired) electrons. The van der Waals surface area contributed by atoms with Gasteiger partial charge in [0.05, 0.1) is 11.1 Å². The fourth-order valence-corrected chi connectivity index (χ4v) is 21.7. The summed E-state index contributed by atoms with van der Waals surface area (Å²) in [5.41, 5.74) is -2.50. The number of ether oxygens (including phenoxy) is 3. The fourth-order valence-electron chi connectivity index (χ4n) is 21.7. The molecule has 1 aliphatic rings. The van der Waals surface area contributed by atoms with E-state index in [1.165, 1.54) is 360 Å². The maximum absolute atomic E-state index is 16.7. The molecule has 708 valence electrons. The number of amides is 3. The van der Waals surface area contributed by atoms with Gasteiger partial charge in [0.1, 0.15) is 17.2 Å². The molecule has 1 saturated carbocycles. The van der Waals surface area contributed by atoms with Crippen LogP contribution in [0.4, 0.5) is 14.4 Å². The van der Waals surface area contributed by atoms with Crippen LogP contribution in [0.1, 0.15) is 556 Å². The first-order valence-corrected chi connectivity index (χ1v) is 54.4. The molecule has 3 aromatic carbocycles. The Morgan fingerprint density at radius 2 is 0.610 bits per heavy atom. The normalized spacial score (nSPS) is 15.4. The molecule has 9 nitrogen and oxygen atoms in total. The molecular weight excluding hydrogens is 1510 g/mol. The summed E-state index contributed by atoms with van der Waals surface area (Å²) in [4.78, 5) is 48.7. The van der Waals surface area contributed by atoms with E-state index in [-0.39, 0.29) is 11.3 Å². The monoisotopic (exact) mass is 1710 g/mol. The van der Waals surface area contributed by atoms with Crippen LogP contribution in [0.3, 0.4) is 0 Å². The van der Waals surface area contributed by atoms with Crippen LogP contribution in [-0.2, 0) is 6.42 Å². The van der Waals surface area contributed by atoms with Gasteiger partial charge in [-0.25, -0.2) is 14.4 Å². The minimum absolute atomic E-state index is 0.0519. The SMILES string of the molecule is CCCCCCCCCCCCCCCCCCC(CCCCCCCCCCCCCCCCCC)(NC(=O)Oc1ccccc1)C1C(C)CC(C)(C)CC1(NC(=O)Oc1ccccc1CCCCCCCC(C)C)C(CCCCCCCCCCCCCCCCCC)(CCCCCCCCCCCCCCCCCC)NC(=O)Oc1ccccc1. The Bertz CT molecular complexity index is 2820. The Balaban J connectivity index is 1.93. The summed E-state index contributed by atoms with van der Waals surface area (Å²) in [7, 11) is 0. The maximum atomic E-state index is 16.7. The molecule has 0 saturated heterocycles. The Morgan fingerprint density at radius 1 is 0.333 bits per heavy atom. The van der Waals surface area contributed by atoms with E-state index in [1.54, 1.807) is 0 Å². The second kappa shape index (κ2) is 74.3. The van der Waals surface area contributed by atoms with E-state index in [0.29, 0.717) is 49.4 Å². The smallest absolute Gasteiger partial charge is 0.410 e. The second-order valence-electron chi connectivity index (χ2n) is 40.9. The van der Waals surface area contributed by atoms with Crippen molar-refractivity contribution in [2.45, 2.75) is 573 Å². The highest BCUT2D eigenvalue weighted by atomic mass is 16.6. The summed E-state index contributed by atoms with van der Waals surface area (Å²) in [6.07, 6.45) is 92.0. The van der Waals surface area contributed by atoms with Crippen LogP contribution in [0.2, 0.25) is 0 Å². The molecule has 0 spiro atoms. The third kappa shape index (κ3) is 53.3. The van der Waals surface area contributed by atoms with Gasteiger partial charge in [0, 0.05) is 11.5 Å². The van der Waals surface area contributed by atoms with E-state index in [2.05, 4.69) is 90.4 Å². The quantitative estimate of drug-likeness (QED) is 0.0485. The van der Waals surface area contributed by atoms with Gasteiger partial charge in [-0.05, 0) is 105 Å². The van der Waals surface area contributed by atoms with Crippen molar-refractivity contribution in [1.82, 2.24) is 16.0 Å². The van der Waals surface area contributed by atoms with Crippen molar-refractivity contribution < 1.29 is 28.6 Å². The highest BCUT2D eigenvalue weighted by molar-refractivity contribution is 5.75. The van der Waals surface area contributed by atoms with Gasteiger partial charge in [0.2, 0.25) is 0 Å². The zero-order valence-corrected chi connectivity index (χ0v) is 82.7. The molecule has 1 fully saturated rings. The van der Waals surface area contributed by atoms with Gasteiger partial charge in [-0.3, -0.25) is 0 Å². The standard InChI is InChI=1S/C114H201N3O6/c1-10-14-18-22-26-30-34-38-42-46-50-54-58-62-69-83-95-112(115-108(118)121-104-90-77-73-78-91-104,96-84-70-63-59-55-51-47-43-39-35-31-27-23-19-15-11-2)107-102(7)99-111(8,9)100-114(107,117-110(120)123-106-94-82-81-89-103(106)88-76-68-66-67-75-87-101(5)6)113(116-109(119)122-105-92-79-74-80-93-105,97-85-71-64-60-56-52-48-44-40-36-32-28-24-20-16-12-3)98-86-72-65-61-57-53-49-45-41-37-33-29-25-21-17-13-4/h73-74,77-82,89-94,101-102,107H,10-72,75-76,83-88,95-100H2,1-9H3,(H,115,118)(H,116,119)(H,117,120). The maximum Gasteiger partial charge on any atom is 0.413 e. The lowest BCUT2D eigenvalue weighted by atomic mass is 9.46. The molecule has 1 aliphatic carbocycles. The first-order valence-electron chi connectivity index (χ1n) is 54.4. The number of hydrogen-bond donors (Lipinski definition) is 3. The second-order valence-corrected chi connectivity index (χ2v) is 40.9. The number of benzene rings is 3. The number of nitrogens with one attached hydrogen (secondary N) is 3. The molecular formula is C114H201N3O6. The fraction of sp³-hybridized carbons (Fsp3) is 0.816. The van der Waals surface area contributed by atoms with Crippen LogP contribution < -0.4 is 30.2 Å². The number of carbonyl (C=O) groups excluding carboxylic acids is 3. The summed E-state index contributed by atoms with van der Waals surface area (Å²) < 4.78 is 20.3. The van der Waals surface area contributed by atoms with Crippen LogP contribution in [0.25, 0.3) is 0 Å². The lowest BCUT2D eigenvalue weighted by Gasteiger charge is -2.66. The van der Waals surface area contributed by atoms with Crippen molar-refractivity contribution in [2.24, 2.45) is 23.2 Å². The molecule has 4 rings (SSSR count). The first-order chi connectivity index (χ1) is 60.2. The molecule has 0 aliphatic heterocycles. The number of hydrogen-bond acceptors (Lipinski definition) is 6. The Kier molecular flexibility index (Phi) is 66.9. The third-order valence-corrected chi connectivity index (χ3v) is 28.4. The zero-order valence-electron chi connectivity index (χ0n) is 82.7. The van der Waals surface area contributed by atoms with E-state index in [4.69, 9.17) is 14.2 Å². The lowest BCUT2D eigenvalue weighted by Crippen LogP contribution is -2.81. The molecule has 123 heavy (non-hydrogen) atoms. The van der Waals surface area contributed by atoms with Crippen LogP contribution in [0.15, 0.2) is 84.9 Å². The van der Waals surface area contributed by atoms with Gasteiger partial charge in [-0.15, -0.1) is 0 Å². The van der Waals surface area contributed by atoms with Crippen LogP contribution >= 0.6 is 0 Å². The molecule has 0 bridgehead atoms. The average Bonchev–Trinajstić information content (AvgIpc) is 0.698.